The van der Waals surface area contributed by atoms with Crippen LogP contribution in [0.15, 0.2) is 48.3 Å². The van der Waals surface area contributed by atoms with Gasteiger partial charge in [0.2, 0.25) is 5.91 Å². The monoisotopic (exact) mass is 525 g/mol. The van der Waals surface area contributed by atoms with Gasteiger partial charge in [-0.2, -0.15) is 5.10 Å². The maximum atomic E-state index is 12.4. The molecule has 0 bridgehead atoms. The number of hydrogen-bond donors (Lipinski definition) is 4. The van der Waals surface area contributed by atoms with Crippen LogP contribution in [-0.2, 0) is 27.2 Å². The highest BCUT2D eigenvalue weighted by molar-refractivity contribution is 5.92. The molecule has 0 saturated heterocycles. The van der Waals surface area contributed by atoms with Gasteiger partial charge < -0.3 is 30.8 Å². The van der Waals surface area contributed by atoms with E-state index in [1.54, 1.807) is 12.1 Å². The molecule has 14 heteroatoms. The highest BCUT2D eigenvalue weighted by atomic mass is 19.4. The zero-order valence-corrected chi connectivity index (χ0v) is 20.3. The number of anilines is 1. The second-order valence-corrected chi connectivity index (χ2v) is 7.86. The summed E-state index contributed by atoms with van der Waals surface area (Å²) in [6.07, 6.45) is -1.57. The van der Waals surface area contributed by atoms with Crippen molar-refractivity contribution in [2.24, 2.45) is 11.6 Å². The van der Waals surface area contributed by atoms with E-state index in [-0.39, 0.29) is 17.9 Å². The first-order chi connectivity index (χ1) is 17.6. The lowest BCUT2D eigenvalue weighted by molar-refractivity contribution is -0.274. The topological polar surface area (TPSA) is 158 Å². The molecule has 1 aromatic carbocycles. The van der Waals surface area contributed by atoms with Gasteiger partial charge in [0.05, 0.1) is 18.7 Å². The lowest BCUT2D eigenvalue weighted by Gasteiger charge is -2.14. The number of nitrogens with zero attached hydrogens (tertiary/aromatic N) is 3. The fourth-order valence-corrected chi connectivity index (χ4v) is 3.06. The minimum Gasteiger partial charge on any atom is -0.406 e. The van der Waals surface area contributed by atoms with E-state index in [0.717, 1.165) is 18.6 Å². The summed E-state index contributed by atoms with van der Waals surface area (Å²) in [6.45, 7) is 1.18. The second kappa shape index (κ2) is 14.6. The zero-order valence-electron chi connectivity index (χ0n) is 20.3. The Hall–Kier alpha value is -3.91. The third-order valence-electron chi connectivity index (χ3n) is 4.74. The number of alkyl halides is 3. The summed E-state index contributed by atoms with van der Waals surface area (Å²) in [6, 6.07) is 8.48. The van der Waals surface area contributed by atoms with Gasteiger partial charge in [0.25, 0.3) is 5.91 Å². The van der Waals surface area contributed by atoms with Crippen LogP contribution in [-0.4, -0.2) is 60.2 Å². The predicted molar refractivity (Wildman–Crippen MR) is 128 cm³/mol. The number of rotatable bonds is 14. The molecule has 0 fully saturated rings. The van der Waals surface area contributed by atoms with E-state index in [9.17, 15) is 22.8 Å². The van der Waals surface area contributed by atoms with Gasteiger partial charge in [-0.15, -0.1) is 18.3 Å². The van der Waals surface area contributed by atoms with Crippen molar-refractivity contribution >= 4 is 17.6 Å². The summed E-state index contributed by atoms with van der Waals surface area (Å²) in [7, 11) is 1.53. The Labute approximate surface area is 212 Å². The van der Waals surface area contributed by atoms with E-state index in [2.05, 4.69) is 25.6 Å². The normalized spacial score (nSPS) is 11.6. The maximum Gasteiger partial charge on any atom is 0.573 e. The number of hydrogen-bond acceptors (Lipinski definition) is 9. The molecule has 0 saturated carbocycles. The maximum absolute atomic E-state index is 12.4. The van der Waals surface area contributed by atoms with E-state index >= 15 is 0 Å². The first kappa shape index (κ1) is 29.3. The Kier molecular flexibility index (Phi) is 11.6. The molecule has 2 amide bonds. The molecule has 0 aliphatic carbocycles. The van der Waals surface area contributed by atoms with Gasteiger partial charge in [-0.3, -0.25) is 9.59 Å². The van der Waals surface area contributed by atoms with Gasteiger partial charge in [-0.05, 0) is 49.1 Å². The molecule has 0 aliphatic heterocycles. The summed E-state index contributed by atoms with van der Waals surface area (Å²) < 4.78 is 45.8. The number of benzene rings is 1. The quantitative estimate of drug-likeness (QED) is 0.124. The summed E-state index contributed by atoms with van der Waals surface area (Å²) in [5.41, 5.74) is 6.75. The number of hydrazine groups is 1. The summed E-state index contributed by atoms with van der Waals surface area (Å²) >= 11 is 0. The van der Waals surface area contributed by atoms with Crippen molar-refractivity contribution in [2.45, 2.75) is 32.0 Å². The molecule has 37 heavy (non-hydrogen) atoms. The number of nitrogens with two attached hydrogens (primary N) is 2. The number of halogens is 3. The summed E-state index contributed by atoms with van der Waals surface area (Å²) in [4.78, 5) is 24.0. The fourth-order valence-electron chi connectivity index (χ4n) is 3.06. The molecule has 0 radical (unpaired) electrons. The van der Waals surface area contributed by atoms with E-state index < -0.39 is 23.9 Å². The third kappa shape index (κ3) is 12.1. The smallest absolute Gasteiger partial charge is 0.406 e. The molecule has 11 nitrogen and oxygen atoms in total. The Morgan fingerprint density at radius 3 is 2.62 bits per heavy atom. The van der Waals surface area contributed by atoms with Crippen molar-refractivity contribution in [3.05, 3.63) is 59.6 Å². The molecule has 6 N–H and O–H groups in total. The van der Waals surface area contributed by atoms with Crippen LogP contribution in [0.5, 0.6) is 5.75 Å². The van der Waals surface area contributed by atoms with E-state index in [1.807, 2.05) is 0 Å². The van der Waals surface area contributed by atoms with Crippen molar-refractivity contribution in [1.29, 1.82) is 0 Å². The average molecular weight is 526 g/mol. The van der Waals surface area contributed by atoms with Crippen LogP contribution in [0.1, 0.15) is 24.1 Å². The SMILES string of the molecule is COCCNC(=O)/C(N)=C/N(N)CCCCc1ccc(NC(=O)Cc2cccc(OC(F)(F)F)c2)nn1. The molecule has 1 heterocycles. The zero-order chi connectivity index (χ0) is 27.3. The van der Waals surface area contributed by atoms with Crippen LogP contribution in [0.2, 0.25) is 0 Å². The van der Waals surface area contributed by atoms with Crippen LogP contribution in [0.4, 0.5) is 19.0 Å². The molecule has 2 aromatic rings. The minimum atomic E-state index is -4.81. The van der Waals surface area contributed by atoms with E-state index in [1.165, 1.54) is 30.5 Å². The van der Waals surface area contributed by atoms with E-state index in [4.69, 9.17) is 16.3 Å². The molecule has 2 rings (SSSR count). The van der Waals surface area contributed by atoms with Crippen molar-refractivity contribution in [3.63, 3.8) is 0 Å². The number of methoxy groups -OCH3 is 1. The van der Waals surface area contributed by atoms with Gasteiger partial charge in [-0.1, -0.05) is 12.1 Å². The predicted octanol–water partition coefficient (Wildman–Crippen LogP) is 1.62. The second-order valence-electron chi connectivity index (χ2n) is 7.86. The lowest BCUT2D eigenvalue weighted by atomic mass is 10.1. The van der Waals surface area contributed by atoms with Crippen molar-refractivity contribution in [3.8, 4) is 5.75 Å². The minimum absolute atomic E-state index is 0.00977. The number of ether oxygens (including phenoxy) is 2. The fraction of sp³-hybridized carbons (Fsp3) is 0.391. The molecule has 0 unspecified atom stereocenters. The first-order valence-corrected chi connectivity index (χ1v) is 11.3. The average Bonchev–Trinajstić information content (AvgIpc) is 2.82. The highest BCUT2D eigenvalue weighted by Crippen LogP contribution is 2.23. The number of unbranched alkanes of at least 4 members (excludes halogenated alkanes) is 1. The first-order valence-electron chi connectivity index (χ1n) is 11.3. The van der Waals surface area contributed by atoms with Crippen LogP contribution < -0.4 is 26.9 Å². The standard InChI is InChI=1S/C23H30F3N7O4/c1-36-12-10-29-22(35)19(27)15-33(28)11-3-2-6-17-8-9-20(32-31-17)30-21(34)14-16-5-4-7-18(13-16)37-23(24,25)26/h4-5,7-9,13,15H,2-3,6,10-12,14,27-28H2,1H3,(H,29,35)(H,30,32,34)/b19-15-. The Balaban J connectivity index is 1.73. The molecule has 0 atom stereocenters. The Morgan fingerprint density at radius 2 is 1.95 bits per heavy atom. The molecular weight excluding hydrogens is 495 g/mol. The molecule has 0 aliphatic rings. The molecule has 0 spiro atoms. The largest absolute Gasteiger partial charge is 0.573 e. The number of aryl methyl sites for hydroxylation is 1. The van der Waals surface area contributed by atoms with Gasteiger partial charge in [-0.25, -0.2) is 5.84 Å². The van der Waals surface area contributed by atoms with E-state index in [0.29, 0.717) is 43.8 Å². The lowest BCUT2D eigenvalue weighted by Crippen LogP contribution is -2.34. The summed E-state index contributed by atoms with van der Waals surface area (Å²) in [5, 5.41) is 14.5. The van der Waals surface area contributed by atoms with Crippen molar-refractivity contribution < 1.29 is 32.2 Å². The van der Waals surface area contributed by atoms with Crippen molar-refractivity contribution in [2.75, 3.05) is 32.1 Å². The van der Waals surface area contributed by atoms with Crippen LogP contribution >= 0.6 is 0 Å². The summed E-state index contributed by atoms with van der Waals surface area (Å²) in [5.74, 6) is 4.77. The van der Waals surface area contributed by atoms with Crippen LogP contribution in [0.25, 0.3) is 0 Å². The Bertz CT molecular complexity index is 1050. The molecule has 1 aromatic heterocycles. The number of carbonyl (C=O) groups is 2. The van der Waals surface area contributed by atoms with Gasteiger partial charge in [0.15, 0.2) is 5.82 Å². The van der Waals surface area contributed by atoms with Crippen LogP contribution in [0.3, 0.4) is 0 Å². The number of amides is 2. The van der Waals surface area contributed by atoms with Gasteiger partial charge >= 0.3 is 6.36 Å². The number of carbonyl (C=O) groups excluding carboxylic acids is 2. The highest BCUT2D eigenvalue weighted by Gasteiger charge is 2.31. The van der Waals surface area contributed by atoms with Gasteiger partial charge in [0.1, 0.15) is 11.4 Å². The Morgan fingerprint density at radius 1 is 1.16 bits per heavy atom. The number of aromatic nitrogens is 2. The third-order valence-corrected chi connectivity index (χ3v) is 4.74. The van der Waals surface area contributed by atoms with Gasteiger partial charge in [0, 0.05) is 26.4 Å². The van der Waals surface area contributed by atoms with Crippen molar-refractivity contribution in [1.82, 2.24) is 20.5 Å². The number of nitrogens with one attached hydrogen (secondary N) is 2. The molecule has 202 valence electrons. The molecular formula is C23H30F3N7O4. The van der Waals surface area contributed by atoms with Crippen LogP contribution in [0, 0.1) is 0 Å².